The van der Waals surface area contributed by atoms with Crippen LogP contribution >= 0.6 is 11.8 Å². The Morgan fingerprint density at radius 1 is 1.48 bits per heavy atom. The van der Waals surface area contributed by atoms with Crippen molar-refractivity contribution in [2.75, 3.05) is 23.9 Å². The minimum absolute atomic E-state index is 0.0755. The molecule has 0 fully saturated rings. The van der Waals surface area contributed by atoms with Crippen LogP contribution < -0.4 is 16.8 Å². The maximum Gasteiger partial charge on any atom is 0.293 e. The van der Waals surface area contributed by atoms with Gasteiger partial charge in [-0.1, -0.05) is 6.07 Å². The minimum Gasteiger partial charge on any atom is -0.466 e. The van der Waals surface area contributed by atoms with Gasteiger partial charge in [0.2, 0.25) is 0 Å². The van der Waals surface area contributed by atoms with E-state index in [1.165, 1.54) is 6.33 Å². The molecule has 2 rings (SSSR count). The summed E-state index contributed by atoms with van der Waals surface area (Å²) in [7, 11) is 0. The van der Waals surface area contributed by atoms with Crippen molar-refractivity contribution >= 4 is 35.4 Å². The molecule has 0 bridgehead atoms. The Balaban J connectivity index is 2.28. The van der Waals surface area contributed by atoms with E-state index in [0.29, 0.717) is 24.5 Å². The van der Waals surface area contributed by atoms with Crippen LogP contribution in [0.2, 0.25) is 0 Å². The Bertz CT molecular complexity index is 668. The second kappa shape index (κ2) is 8.35. The fourth-order valence-corrected chi connectivity index (χ4v) is 2.71. The number of carbonyl (C=O) groups excluding carboxylic acids is 1. The first-order valence-corrected chi connectivity index (χ1v) is 8.21. The number of nitrogens with zero attached hydrogens (tertiary/aromatic N) is 2. The molecular formula is C15H19N5O2S. The Hall–Kier alpha value is -2.32. The molecule has 0 aliphatic carbocycles. The van der Waals surface area contributed by atoms with Gasteiger partial charge in [0, 0.05) is 18.3 Å². The van der Waals surface area contributed by atoms with E-state index in [2.05, 4.69) is 15.3 Å². The van der Waals surface area contributed by atoms with Crippen LogP contribution in [-0.2, 0) is 16.1 Å². The third-order valence-corrected chi connectivity index (χ3v) is 4.25. The van der Waals surface area contributed by atoms with Crippen molar-refractivity contribution < 1.29 is 9.53 Å². The van der Waals surface area contributed by atoms with Gasteiger partial charge in [0.25, 0.3) is 6.47 Å². The highest BCUT2D eigenvalue weighted by Gasteiger charge is 2.17. The van der Waals surface area contributed by atoms with Crippen molar-refractivity contribution in [2.24, 2.45) is 5.73 Å². The number of nitrogens with two attached hydrogens (primary N) is 2. The second-order valence-corrected chi connectivity index (χ2v) is 5.77. The van der Waals surface area contributed by atoms with Crippen LogP contribution in [0.4, 0.5) is 17.2 Å². The van der Waals surface area contributed by atoms with Gasteiger partial charge in [-0.2, -0.15) is 11.8 Å². The van der Waals surface area contributed by atoms with Gasteiger partial charge in [-0.05, 0) is 24.0 Å². The van der Waals surface area contributed by atoms with Crippen molar-refractivity contribution in [1.29, 1.82) is 0 Å². The molecule has 1 heterocycles. The number of aromatic nitrogens is 2. The van der Waals surface area contributed by atoms with Crippen molar-refractivity contribution in [2.45, 2.75) is 11.8 Å². The highest BCUT2D eigenvalue weighted by Crippen LogP contribution is 2.33. The maximum absolute atomic E-state index is 10.4. The number of hydrogen-bond donors (Lipinski definition) is 3. The predicted molar refractivity (Wildman–Crippen MR) is 92.3 cm³/mol. The first-order chi connectivity index (χ1) is 11.2. The zero-order valence-electron chi connectivity index (χ0n) is 12.7. The molecule has 0 aliphatic rings. The van der Waals surface area contributed by atoms with Gasteiger partial charge in [0.15, 0.2) is 0 Å². The molecule has 8 heteroatoms. The van der Waals surface area contributed by atoms with Gasteiger partial charge in [0.05, 0.1) is 16.6 Å². The largest absolute Gasteiger partial charge is 0.466 e. The standard InChI is InChI=1S/C15H19N5O2S/c1-23-14(7-22-9-21)11-6-18-8-19-15(11)20-13-3-2-10(5-16)4-12(13)17/h2-4,6,8-9,14H,5,7,16-17H2,1H3,(H,18,19,20). The van der Waals surface area contributed by atoms with Gasteiger partial charge in [-0.3, -0.25) is 4.79 Å². The molecule has 7 nitrogen and oxygen atoms in total. The quantitative estimate of drug-likeness (QED) is 0.495. The number of nitrogen functional groups attached to an aromatic ring is 1. The summed E-state index contributed by atoms with van der Waals surface area (Å²) < 4.78 is 4.88. The number of anilines is 3. The fourth-order valence-electron chi connectivity index (χ4n) is 2.07. The summed E-state index contributed by atoms with van der Waals surface area (Å²) >= 11 is 1.55. The highest BCUT2D eigenvalue weighted by molar-refractivity contribution is 7.98. The summed E-state index contributed by atoms with van der Waals surface area (Å²) in [6, 6.07) is 5.59. The van der Waals surface area contributed by atoms with E-state index in [9.17, 15) is 4.79 Å². The zero-order chi connectivity index (χ0) is 16.7. The molecule has 0 spiro atoms. The lowest BCUT2D eigenvalue weighted by atomic mass is 10.1. The molecule has 1 aromatic carbocycles. The Kier molecular flexibility index (Phi) is 6.19. The van der Waals surface area contributed by atoms with Crippen LogP contribution in [0.1, 0.15) is 16.4 Å². The summed E-state index contributed by atoms with van der Waals surface area (Å²) in [6.07, 6.45) is 5.09. The monoisotopic (exact) mass is 333 g/mol. The van der Waals surface area contributed by atoms with Crippen LogP contribution in [0.3, 0.4) is 0 Å². The number of benzene rings is 1. The molecule has 0 amide bonds. The van der Waals surface area contributed by atoms with Gasteiger partial charge in [0.1, 0.15) is 18.8 Å². The van der Waals surface area contributed by atoms with Crippen molar-refractivity contribution in [3.8, 4) is 0 Å². The average molecular weight is 333 g/mol. The van der Waals surface area contributed by atoms with Crippen LogP contribution in [0, 0.1) is 0 Å². The third-order valence-electron chi connectivity index (χ3n) is 3.29. The lowest BCUT2D eigenvalue weighted by Gasteiger charge is -2.18. The topological polar surface area (TPSA) is 116 Å². The summed E-state index contributed by atoms with van der Waals surface area (Å²) in [5, 5.41) is 3.13. The van der Waals surface area contributed by atoms with Crippen molar-refractivity contribution in [3.63, 3.8) is 0 Å². The molecule has 1 unspecified atom stereocenters. The molecular weight excluding hydrogens is 314 g/mol. The summed E-state index contributed by atoms with van der Waals surface area (Å²) in [6.45, 7) is 1.11. The smallest absolute Gasteiger partial charge is 0.293 e. The molecule has 2 aromatic rings. The Morgan fingerprint density at radius 3 is 2.96 bits per heavy atom. The Morgan fingerprint density at radius 2 is 2.30 bits per heavy atom. The molecule has 0 radical (unpaired) electrons. The Labute approximate surface area is 138 Å². The van der Waals surface area contributed by atoms with E-state index in [0.717, 1.165) is 16.8 Å². The SMILES string of the molecule is CSC(COC=O)c1cncnc1Nc1ccc(CN)cc1N. The summed E-state index contributed by atoms with van der Waals surface area (Å²) in [5.74, 6) is 0.626. The minimum atomic E-state index is -0.0755. The number of nitrogens with one attached hydrogen (secondary N) is 1. The molecule has 122 valence electrons. The predicted octanol–water partition coefficient (Wildman–Crippen LogP) is 1.84. The van der Waals surface area contributed by atoms with Crippen molar-refractivity contribution in [1.82, 2.24) is 9.97 Å². The number of hydrogen-bond acceptors (Lipinski definition) is 8. The van der Waals surface area contributed by atoms with Crippen LogP contribution in [0.25, 0.3) is 0 Å². The van der Waals surface area contributed by atoms with E-state index < -0.39 is 0 Å². The van der Waals surface area contributed by atoms with E-state index in [1.54, 1.807) is 18.0 Å². The lowest BCUT2D eigenvalue weighted by Crippen LogP contribution is -2.09. The molecule has 0 saturated heterocycles. The average Bonchev–Trinajstić information content (AvgIpc) is 2.58. The van der Waals surface area contributed by atoms with E-state index in [4.69, 9.17) is 16.2 Å². The van der Waals surface area contributed by atoms with E-state index in [-0.39, 0.29) is 11.9 Å². The van der Waals surface area contributed by atoms with Gasteiger partial charge >= 0.3 is 0 Å². The summed E-state index contributed by atoms with van der Waals surface area (Å²) in [4.78, 5) is 18.8. The van der Waals surface area contributed by atoms with Crippen molar-refractivity contribution in [3.05, 3.63) is 41.9 Å². The molecule has 1 atom stereocenters. The molecule has 5 N–H and O–H groups in total. The molecule has 23 heavy (non-hydrogen) atoms. The number of rotatable bonds is 8. The first-order valence-electron chi connectivity index (χ1n) is 6.93. The van der Waals surface area contributed by atoms with Crippen LogP contribution in [-0.4, -0.2) is 29.3 Å². The first kappa shape index (κ1) is 17.0. The highest BCUT2D eigenvalue weighted by atomic mass is 32.2. The van der Waals surface area contributed by atoms with Crippen LogP contribution in [0.15, 0.2) is 30.7 Å². The third kappa shape index (κ3) is 4.33. The zero-order valence-corrected chi connectivity index (χ0v) is 13.5. The second-order valence-electron chi connectivity index (χ2n) is 4.73. The fraction of sp³-hybridized carbons (Fsp3) is 0.267. The molecule has 0 saturated carbocycles. The number of thioether (sulfide) groups is 1. The van der Waals surface area contributed by atoms with E-state index >= 15 is 0 Å². The van der Waals surface area contributed by atoms with Gasteiger partial charge in [-0.15, -0.1) is 0 Å². The maximum atomic E-state index is 10.4. The lowest BCUT2D eigenvalue weighted by molar-refractivity contribution is -0.128. The summed E-state index contributed by atoms with van der Waals surface area (Å²) in [5.41, 5.74) is 14.8. The van der Waals surface area contributed by atoms with Gasteiger partial charge < -0.3 is 21.5 Å². The van der Waals surface area contributed by atoms with Crippen LogP contribution in [0.5, 0.6) is 0 Å². The molecule has 0 aliphatic heterocycles. The number of carbonyl (C=O) groups is 1. The van der Waals surface area contributed by atoms with Gasteiger partial charge in [-0.25, -0.2) is 9.97 Å². The van der Waals surface area contributed by atoms with E-state index in [1.807, 2.05) is 24.5 Å². The normalized spacial score (nSPS) is 11.7. The number of ether oxygens (including phenoxy) is 1. The molecule has 1 aromatic heterocycles.